The molecule has 5 nitrogen and oxygen atoms in total. The highest BCUT2D eigenvalue weighted by atomic mass is 79.9. The van der Waals surface area contributed by atoms with E-state index in [1.54, 1.807) is 25.9 Å². The van der Waals surface area contributed by atoms with Gasteiger partial charge in [0.15, 0.2) is 0 Å². The van der Waals surface area contributed by atoms with Gasteiger partial charge in [0.2, 0.25) is 0 Å². The summed E-state index contributed by atoms with van der Waals surface area (Å²) in [6, 6.07) is 6.94. The molecule has 2 rings (SSSR count). The van der Waals surface area contributed by atoms with Crippen molar-refractivity contribution in [3.05, 3.63) is 45.6 Å². The van der Waals surface area contributed by atoms with E-state index >= 15 is 0 Å². The summed E-state index contributed by atoms with van der Waals surface area (Å²) in [6.45, 7) is 1.75. The van der Waals surface area contributed by atoms with Gasteiger partial charge in [-0.15, -0.1) is 0 Å². The Hall–Kier alpha value is -1.82. The molecule has 0 aliphatic carbocycles. The third kappa shape index (κ3) is 2.68. The molecule has 6 heteroatoms. The van der Waals surface area contributed by atoms with Gasteiger partial charge in [-0.1, -0.05) is 28.1 Å². The van der Waals surface area contributed by atoms with Crippen LogP contribution in [-0.4, -0.2) is 43.0 Å². The number of allylic oxidation sites excluding steroid dienone is 1. The zero-order valence-electron chi connectivity index (χ0n) is 12.4. The van der Waals surface area contributed by atoms with E-state index in [2.05, 4.69) is 15.9 Å². The Balaban J connectivity index is 2.60. The first-order chi connectivity index (χ1) is 9.88. The minimum Gasteiger partial charge on any atom is -0.466 e. The molecule has 1 aliphatic heterocycles. The average molecular weight is 353 g/mol. The molecular formula is C15H17BrN2O3. The molecule has 0 unspecified atom stereocenters. The van der Waals surface area contributed by atoms with Crippen LogP contribution in [-0.2, 0) is 9.53 Å². The Labute approximate surface area is 132 Å². The maximum atomic E-state index is 12.3. The smallest absolute Gasteiger partial charge is 0.337 e. The summed E-state index contributed by atoms with van der Waals surface area (Å²) in [5.74, 6) is -0.424. The molecule has 1 aromatic carbocycles. The van der Waals surface area contributed by atoms with Gasteiger partial charge in [0.25, 0.3) is 0 Å². The van der Waals surface area contributed by atoms with Gasteiger partial charge in [0.1, 0.15) is 0 Å². The maximum absolute atomic E-state index is 12.3. The monoisotopic (exact) mass is 352 g/mol. The molecular weight excluding hydrogens is 336 g/mol. The molecule has 0 radical (unpaired) electrons. The van der Waals surface area contributed by atoms with Crippen molar-refractivity contribution >= 4 is 27.9 Å². The number of ether oxygens (including phenoxy) is 1. The molecule has 0 bridgehead atoms. The first-order valence-electron chi connectivity index (χ1n) is 6.43. The van der Waals surface area contributed by atoms with Crippen LogP contribution in [0.1, 0.15) is 18.5 Å². The van der Waals surface area contributed by atoms with E-state index in [-0.39, 0.29) is 6.03 Å². The quantitative estimate of drug-likeness (QED) is 0.769. The molecule has 0 N–H and O–H groups in total. The minimum atomic E-state index is -0.450. The Morgan fingerprint density at radius 1 is 1.24 bits per heavy atom. The van der Waals surface area contributed by atoms with E-state index in [0.717, 1.165) is 10.0 Å². The number of amides is 2. The number of halogens is 1. The number of urea groups is 1. The van der Waals surface area contributed by atoms with Gasteiger partial charge in [-0.3, -0.25) is 0 Å². The lowest BCUT2D eigenvalue weighted by Crippen LogP contribution is -2.47. The van der Waals surface area contributed by atoms with Crippen molar-refractivity contribution < 1.29 is 14.3 Å². The van der Waals surface area contributed by atoms with Crippen LogP contribution in [0.2, 0.25) is 0 Å². The average Bonchev–Trinajstić information content (AvgIpc) is 2.49. The van der Waals surface area contributed by atoms with Crippen molar-refractivity contribution in [3.8, 4) is 0 Å². The van der Waals surface area contributed by atoms with Crippen molar-refractivity contribution in [2.75, 3.05) is 21.2 Å². The predicted octanol–water partition coefficient (Wildman–Crippen LogP) is 2.93. The second kappa shape index (κ2) is 5.89. The predicted molar refractivity (Wildman–Crippen MR) is 82.5 cm³/mol. The fraction of sp³-hybridized carbons (Fsp3) is 0.333. The van der Waals surface area contributed by atoms with E-state index in [1.165, 1.54) is 12.0 Å². The Bertz CT molecular complexity index is 610. The maximum Gasteiger partial charge on any atom is 0.337 e. The van der Waals surface area contributed by atoms with E-state index in [4.69, 9.17) is 4.74 Å². The van der Waals surface area contributed by atoms with Crippen LogP contribution in [0, 0.1) is 0 Å². The lowest BCUT2D eigenvalue weighted by molar-refractivity contribution is -0.137. The minimum absolute atomic E-state index is 0.159. The highest BCUT2D eigenvalue weighted by Crippen LogP contribution is 2.36. The molecule has 1 aromatic rings. The fourth-order valence-electron chi connectivity index (χ4n) is 2.47. The van der Waals surface area contributed by atoms with Crippen LogP contribution in [0.5, 0.6) is 0 Å². The molecule has 1 atom stereocenters. The van der Waals surface area contributed by atoms with Gasteiger partial charge >= 0.3 is 12.0 Å². The first kappa shape index (κ1) is 15.6. The topological polar surface area (TPSA) is 49.9 Å². The number of rotatable bonds is 2. The van der Waals surface area contributed by atoms with Crippen molar-refractivity contribution in [1.82, 2.24) is 9.80 Å². The van der Waals surface area contributed by atoms with Crippen LogP contribution >= 0.6 is 15.9 Å². The molecule has 21 heavy (non-hydrogen) atoms. The highest BCUT2D eigenvalue weighted by Gasteiger charge is 2.38. The molecule has 112 valence electrons. The van der Waals surface area contributed by atoms with Crippen molar-refractivity contribution in [2.45, 2.75) is 13.0 Å². The third-order valence-corrected chi connectivity index (χ3v) is 4.26. The molecule has 1 heterocycles. The van der Waals surface area contributed by atoms with Crippen LogP contribution < -0.4 is 0 Å². The van der Waals surface area contributed by atoms with Gasteiger partial charge in [-0.2, -0.15) is 0 Å². The Morgan fingerprint density at radius 3 is 2.33 bits per heavy atom. The molecule has 0 saturated carbocycles. The number of hydrogen-bond acceptors (Lipinski definition) is 3. The molecule has 0 fully saturated rings. The summed E-state index contributed by atoms with van der Waals surface area (Å²) in [4.78, 5) is 27.5. The summed E-state index contributed by atoms with van der Waals surface area (Å²) >= 11 is 3.38. The number of esters is 1. The molecule has 0 saturated heterocycles. The normalized spacial score (nSPS) is 19.1. The number of likely N-dealkylation sites (N-methyl/N-ethyl adjacent to an activating group) is 1. The summed E-state index contributed by atoms with van der Waals surface area (Å²) in [6.07, 6.45) is 0. The molecule has 2 amide bonds. The lowest BCUT2D eigenvalue weighted by atomic mass is 9.94. The van der Waals surface area contributed by atoms with E-state index in [1.807, 2.05) is 24.3 Å². The van der Waals surface area contributed by atoms with Gasteiger partial charge in [-0.05, 0) is 24.6 Å². The molecule has 0 aromatic heterocycles. The largest absolute Gasteiger partial charge is 0.466 e. The van der Waals surface area contributed by atoms with E-state index in [9.17, 15) is 9.59 Å². The van der Waals surface area contributed by atoms with Crippen LogP contribution in [0.4, 0.5) is 4.79 Å². The van der Waals surface area contributed by atoms with Crippen molar-refractivity contribution in [1.29, 1.82) is 0 Å². The lowest BCUT2D eigenvalue weighted by Gasteiger charge is -2.39. The summed E-state index contributed by atoms with van der Waals surface area (Å²) < 4.78 is 5.84. The summed E-state index contributed by atoms with van der Waals surface area (Å²) in [5.41, 5.74) is 1.95. The number of benzene rings is 1. The number of hydrogen-bond donors (Lipinski definition) is 0. The van der Waals surface area contributed by atoms with Crippen LogP contribution in [0.3, 0.4) is 0 Å². The summed E-state index contributed by atoms with van der Waals surface area (Å²) in [5, 5.41) is 0. The van der Waals surface area contributed by atoms with E-state index < -0.39 is 12.0 Å². The number of methoxy groups -OCH3 is 1. The molecule has 1 aliphatic rings. The number of carbonyl (C=O) groups excluding carboxylic acids is 2. The van der Waals surface area contributed by atoms with E-state index in [0.29, 0.717) is 11.3 Å². The molecule has 0 spiro atoms. The third-order valence-electron chi connectivity index (χ3n) is 3.73. The van der Waals surface area contributed by atoms with Gasteiger partial charge in [0, 0.05) is 24.3 Å². The number of carbonyl (C=O) groups is 2. The first-order valence-corrected chi connectivity index (χ1v) is 7.22. The highest BCUT2D eigenvalue weighted by molar-refractivity contribution is 9.10. The fourth-order valence-corrected chi connectivity index (χ4v) is 2.73. The van der Waals surface area contributed by atoms with Gasteiger partial charge < -0.3 is 14.5 Å². The van der Waals surface area contributed by atoms with Crippen molar-refractivity contribution in [2.24, 2.45) is 0 Å². The SMILES string of the molecule is COC(=O)C1=C(C)N(C)C(=O)N(C)[C@@H]1c1ccc(Br)cc1. The standard InChI is InChI=1S/C15H17BrN2O3/c1-9-12(14(19)21-4)13(18(3)15(20)17(9)2)10-5-7-11(16)8-6-10/h5-8,13H,1-4H3/t13-/m1/s1. The zero-order valence-corrected chi connectivity index (χ0v) is 14.0. The summed E-state index contributed by atoms with van der Waals surface area (Å²) in [7, 11) is 4.67. The van der Waals surface area contributed by atoms with Crippen LogP contribution in [0.25, 0.3) is 0 Å². The number of nitrogens with zero attached hydrogens (tertiary/aromatic N) is 2. The Kier molecular flexibility index (Phi) is 4.37. The Morgan fingerprint density at radius 2 is 1.81 bits per heavy atom. The van der Waals surface area contributed by atoms with Crippen molar-refractivity contribution in [3.63, 3.8) is 0 Å². The van der Waals surface area contributed by atoms with Crippen LogP contribution in [0.15, 0.2) is 40.0 Å². The zero-order chi connectivity index (χ0) is 15.7. The van der Waals surface area contributed by atoms with Gasteiger partial charge in [0.05, 0.1) is 18.7 Å². The second-order valence-electron chi connectivity index (χ2n) is 4.90. The van der Waals surface area contributed by atoms with Gasteiger partial charge in [-0.25, -0.2) is 9.59 Å². The second-order valence-corrected chi connectivity index (χ2v) is 5.81.